The highest BCUT2D eigenvalue weighted by Crippen LogP contribution is 2.34. The zero-order valence-electron chi connectivity index (χ0n) is 9.44. The van der Waals surface area contributed by atoms with Gasteiger partial charge in [0.1, 0.15) is 18.1 Å². The van der Waals surface area contributed by atoms with Crippen molar-refractivity contribution in [3.05, 3.63) is 29.8 Å². The van der Waals surface area contributed by atoms with E-state index >= 15 is 0 Å². The summed E-state index contributed by atoms with van der Waals surface area (Å²) in [6, 6.07) is 7.99. The second-order valence-corrected chi connectivity index (χ2v) is 4.05. The summed E-state index contributed by atoms with van der Waals surface area (Å²) in [5.41, 5.74) is 1.23. The Hall–Kier alpha value is -1.35. The lowest BCUT2D eigenvalue weighted by molar-refractivity contribution is -0.124. The van der Waals surface area contributed by atoms with Gasteiger partial charge < -0.3 is 9.47 Å². The zero-order chi connectivity index (χ0) is 11.4. The lowest BCUT2D eigenvalue weighted by Gasteiger charge is -2.24. The quantitative estimate of drug-likeness (QED) is 0.713. The Labute approximate surface area is 95.4 Å². The lowest BCUT2D eigenvalue weighted by Crippen LogP contribution is -2.20. The second kappa shape index (κ2) is 5.12. The SMILES string of the molecule is COCCOc1ccc(C2CC(=O)C2)cc1. The van der Waals surface area contributed by atoms with E-state index in [1.165, 1.54) is 5.56 Å². The number of hydrogen-bond acceptors (Lipinski definition) is 3. The van der Waals surface area contributed by atoms with Crippen LogP contribution in [0.4, 0.5) is 0 Å². The summed E-state index contributed by atoms with van der Waals surface area (Å²) in [6.07, 6.45) is 1.40. The molecule has 1 aliphatic carbocycles. The number of rotatable bonds is 5. The molecular weight excluding hydrogens is 204 g/mol. The second-order valence-electron chi connectivity index (χ2n) is 4.05. The molecule has 16 heavy (non-hydrogen) atoms. The van der Waals surface area contributed by atoms with E-state index in [4.69, 9.17) is 9.47 Å². The fraction of sp³-hybridized carbons (Fsp3) is 0.462. The molecule has 0 aliphatic heterocycles. The van der Waals surface area contributed by atoms with Crippen LogP contribution in [0.5, 0.6) is 5.75 Å². The first-order chi connectivity index (χ1) is 7.79. The van der Waals surface area contributed by atoms with Gasteiger partial charge in [0.2, 0.25) is 0 Å². The van der Waals surface area contributed by atoms with Crippen LogP contribution in [0.15, 0.2) is 24.3 Å². The Morgan fingerprint density at radius 1 is 1.19 bits per heavy atom. The van der Waals surface area contributed by atoms with Gasteiger partial charge in [0.25, 0.3) is 0 Å². The van der Waals surface area contributed by atoms with E-state index in [9.17, 15) is 4.79 Å². The fourth-order valence-corrected chi connectivity index (χ4v) is 1.80. The van der Waals surface area contributed by atoms with Crippen LogP contribution < -0.4 is 4.74 Å². The van der Waals surface area contributed by atoms with Gasteiger partial charge in [-0.1, -0.05) is 12.1 Å². The van der Waals surface area contributed by atoms with E-state index in [1.54, 1.807) is 7.11 Å². The molecule has 0 aromatic heterocycles. The zero-order valence-corrected chi connectivity index (χ0v) is 9.44. The number of hydrogen-bond donors (Lipinski definition) is 0. The minimum absolute atomic E-state index is 0.366. The minimum Gasteiger partial charge on any atom is -0.491 e. The van der Waals surface area contributed by atoms with Crippen LogP contribution in [0.3, 0.4) is 0 Å². The Morgan fingerprint density at radius 2 is 1.88 bits per heavy atom. The van der Waals surface area contributed by atoms with Gasteiger partial charge in [-0.05, 0) is 23.6 Å². The third kappa shape index (κ3) is 2.61. The normalized spacial score (nSPS) is 15.9. The van der Waals surface area contributed by atoms with Crippen LogP contribution in [0.2, 0.25) is 0 Å². The molecule has 0 unspecified atom stereocenters. The molecule has 0 atom stereocenters. The lowest BCUT2D eigenvalue weighted by atomic mass is 9.79. The molecule has 1 saturated carbocycles. The highest BCUT2D eigenvalue weighted by Gasteiger charge is 2.27. The summed E-state index contributed by atoms with van der Waals surface area (Å²) in [4.78, 5) is 10.9. The number of ketones is 1. The van der Waals surface area contributed by atoms with Crippen molar-refractivity contribution in [3.63, 3.8) is 0 Å². The van der Waals surface area contributed by atoms with Crippen molar-refractivity contribution >= 4 is 5.78 Å². The van der Waals surface area contributed by atoms with Crippen molar-refractivity contribution in [3.8, 4) is 5.75 Å². The van der Waals surface area contributed by atoms with Crippen LogP contribution in [-0.2, 0) is 9.53 Å². The summed E-state index contributed by atoms with van der Waals surface area (Å²) in [5, 5.41) is 0. The Bertz CT molecular complexity index is 348. The number of carbonyl (C=O) groups excluding carboxylic acids is 1. The maximum atomic E-state index is 10.9. The number of carbonyl (C=O) groups is 1. The monoisotopic (exact) mass is 220 g/mol. The number of ether oxygens (including phenoxy) is 2. The third-order valence-electron chi connectivity index (χ3n) is 2.86. The van der Waals surface area contributed by atoms with Gasteiger partial charge in [0.15, 0.2) is 0 Å². The summed E-state index contributed by atoms with van der Waals surface area (Å²) in [6.45, 7) is 1.16. The van der Waals surface area contributed by atoms with Crippen molar-refractivity contribution in [2.24, 2.45) is 0 Å². The molecule has 0 N–H and O–H groups in total. The molecule has 1 aromatic rings. The predicted molar refractivity (Wildman–Crippen MR) is 60.8 cm³/mol. The molecule has 2 rings (SSSR count). The first kappa shape index (κ1) is 11.1. The molecule has 3 nitrogen and oxygen atoms in total. The number of benzene rings is 1. The number of methoxy groups -OCH3 is 1. The van der Waals surface area contributed by atoms with Crippen LogP contribution in [0.25, 0.3) is 0 Å². The van der Waals surface area contributed by atoms with E-state index in [2.05, 4.69) is 0 Å². The van der Waals surface area contributed by atoms with Gasteiger partial charge in [-0.25, -0.2) is 0 Å². The minimum atomic E-state index is 0.366. The Balaban J connectivity index is 1.87. The molecule has 1 aromatic carbocycles. The van der Waals surface area contributed by atoms with Crippen molar-refractivity contribution in [2.45, 2.75) is 18.8 Å². The third-order valence-corrected chi connectivity index (χ3v) is 2.86. The molecule has 0 saturated heterocycles. The van der Waals surface area contributed by atoms with Crippen molar-refractivity contribution in [2.75, 3.05) is 20.3 Å². The fourth-order valence-electron chi connectivity index (χ4n) is 1.80. The highest BCUT2D eigenvalue weighted by molar-refractivity contribution is 5.86. The molecule has 0 spiro atoms. The summed E-state index contributed by atoms with van der Waals surface area (Å²) >= 11 is 0. The average Bonchev–Trinajstić information content (AvgIpc) is 2.27. The topological polar surface area (TPSA) is 35.5 Å². The average molecular weight is 220 g/mol. The smallest absolute Gasteiger partial charge is 0.134 e. The van der Waals surface area contributed by atoms with E-state index in [0.29, 0.717) is 37.8 Å². The molecule has 0 heterocycles. The molecule has 86 valence electrons. The molecule has 0 amide bonds. The summed E-state index contributed by atoms with van der Waals surface area (Å²) in [5.74, 6) is 1.65. The Kier molecular flexibility index (Phi) is 3.57. The molecule has 0 radical (unpaired) electrons. The van der Waals surface area contributed by atoms with E-state index in [0.717, 1.165) is 5.75 Å². The van der Waals surface area contributed by atoms with Crippen LogP contribution in [-0.4, -0.2) is 26.1 Å². The van der Waals surface area contributed by atoms with Gasteiger partial charge in [-0.3, -0.25) is 4.79 Å². The predicted octanol–water partition coefficient (Wildman–Crippen LogP) is 2.16. The summed E-state index contributed by atoms with van der Waals surface area (Å²) < 4.78 is 10.4. The van der Waals surface area contributed by atoms with Crippen molar-refractivity contribution < 1.29 is 14.3 Å². The van der Waals surface area contributed by atoms with E-state index in [-0.39, 0.29) is 0 Å². The van der Waals surface area contributed by atoms with Crippen molar-refractivity contribution in [1.82, 2.24) is 0 Å². The van der Waals surface area contributed by atoms with Gasteiger partial charge in [0.05, 0.1) is 6.61 Å². The van der Waals surface area contributed by atoms with Gasteiger partial charge >= 0.3 is 0 Å². The van der Waals surface area contributed by atoms with Gasteiger partial charge in [-0.15, -0.1) is 0 Å². The number of Topliss-reactive ketones (excluding diaryl/α,β-unsaturated/α-hetero) is 1. The molecular formula is C13H16O3. The molecule has 1 aliphatic rings. The van der Waals surface area contributed by atoms with E-state index < -0.39 is 0 Å². The van der Waals surface area contributed by atoms with Crippen molar-refractivity contribution in [1.29, 1.82) is 0 Å². The first-order valence-electron chi connectivity index (χ1n) is 5.53. The van der Waals surface area contributed by atoms with Gasteiger partial charge in [0, 0.05) is 20.0 Å². The molecule has 0 bridgehead atoms. The molecule has 3 heteroatoms. The maximum absolute atomic E-state index is 10.9. The maximum Gasteiger partial charge on any atom is 0.134 e. The van der Waals surface area contributed by atoms with Crippen LogP contribution >= 0.6 is 0 Å². The molecule has 1 fully saturated rings. The standard InChI is InChI=1S/C13H16O3/c1-15-6-7-16-13-4-2-10(3-5-13)11-8-12(14)9-11/h2-5,11H,6-9H2,1H3. The first-order valence-corrected chi connectivity index (χ1v) is 5.53. The van der Waals surface area contributed by atoms with E-state index in [1.807, 2.05) is 24.3 Å². The Morgan fingerprint density at radius 3 is 2.44 bits per heavy atom. The van der Waals surface area contributed by atoms with Crippen LogP contribution in [0, 0.1) is 0 Å². The largest absolute Gasteiger partial charge is 0.491 e. The highest BCUT2D eigenvalue weighted by atomic mass is 16.5. The summed E-state index contributed by atoms with van der Waals surface area (Å²) in [7, 11) is 1.65. The van der Waals surface area contributed by atoms with Gasteiger partial charge in [-0.2, -0.15) is 0 Å². The van der Waals surface area contributed by atoms with Crippen LogP contribution in [0.1, 0.15) is 24.3 Å².